The third kappa shape index (κ3) is 2.83. The molecule has 0 saturated carbocycles. The first-order valence-corrected chi connectivity index (χ1v) is 6.36. The average Bonchev–Trinajstić information content (AvgIpc) is 2.79. The number of methoxy groups -OCH3 is 1. The number of ether oxygens (including phenoxy) is 1. The van der Waals surface area contributed by atoms with Crippen molar-refractivity contribution < 1.29 is 4.74 Å². The van der Waals surface area contributed by atoms with E-state index in [0.717, 1.165) is 17.2 Å². The normalized spacial score (nSPS) is 10.9. The van der Waals surface area contributed by atoms with Crippen molar-refractivity contribution in [2.75, 3.05) is 13.7 Å². The molecule has 0 bridgehead atoms. The van der Waals surface area contributed by atoms with Crippen molar-refractivity contribution in [2.24, 2.45) is 5.73 Å². The molecule has 2 rings (SSSR count). The Kier molecular flexibility index (Phi) is 4.29. The number of nitrogens with zero attached hydrogens (tertiary/aromatic N) is 3. The van der Waals surface area contributed by atoms with Crippen LogP contribution in [0.3, 0.4) is 0 Å². The predicted molar refractivity (Wildman–Crippen MR) is 74.7 cm³/mol. The van der Waals surface area contributed by atoms with E-state index in [-0.39, 0.29) is 0 Å². The van der Waals surface area contributed by atoms with Crippen molar-refractivity contribution in [3.63, 3.8) is 0 Å². The van der Waals surface area contributed by atoms with Gasteiger partial charge in [-0.1, -0.05) is 23.8 Å². The minimum Gasteiger partial charge on any atom is -0.383 e. The fraction of sp³-hybridized carbons (Fsp3) is 0.429. The van der Waals surface area contributed by atoms with Gasteiger partial charge in [0.2, 0.25) is 0 Å². The first-order chi connectivity index (χ1) is 9.17. The molecule has 0 amide bonds. The number of nitrogens with two attached hydrogens (primary N) is 1. The first-order valence-electron chi connectivity index (χ1n) is 6.36. The average molecular weight is 260 g/mol. The Hall–Kier alpha value is -1.72. The maximum atomic E-state index is 5.71. The van der Waals surface area contributed by atoms with Crippen molar-refractivity contribution in [1.82, 2.24) is 14.8 Å². The number of rotatable bonds is 5. The minimum absolute atomic E-state index is 0.377. The number of hydrogen-bond acceptors (Lipinski definition) is 4. The van der Waals surface area contributed by atoms with Gasteiger partial charge in [-0.25, -0.2) is 0 Å². The van der Waals surface area contributed by atoms with E-state index in [9.17, 15) is 0 Å². The summed E-state index contributed by atoms with van der Waals surface area (Å²) < 4.78 is 7.17. The zero-order valence-corrected chi connectivity index (χ0v) is 11.7. The molecule has 1 aromatic heterocycles. The Morgan fingerprint density at radius 2 is 2.05 bits per heavy atom. The van der Waals surface area contributed by atoms with Crippen LogP contribution in [0, 0.1) is 13.8 Å². The van der Waals surface area contributed by atoms with Crippen LogP contribution in [-0.4, -0.2) is 28.5 Å². The standard InChI is InChI=1S/C14H20N4O/c1-10-4-5-12(11(2)8-10)14-17-16-13(9-15)18(14)6-7-19-3/h4-5,8H,6-7,9,15H2,1-3H3. The van der Waals surface area contributed by atoms with E-state index >= 15 is 0 Å². The van der Waals surface area contributed by atoms with Crippen molar-refractivity contribution in [2.45, 2.75) is 26.9 Å². The molecule has 19 heavy (non-hydrogen) atoms. The van der Waals surface area contributed by atoms with Crippen LogP contribution in [0.2, 0.25) is 0 Å². The molecular weight excluding hydrogens is 240 g/mol. The molecule has 0 unspecified atom stereocenters. The number of hydrogen-bond donors (Lipinski definition) is 1. The molecule has 5 nitrogen and oxygen atoms in total. The Balaban J connectivity index is 2.46. The summed E-state index contributed by atoms with van der Waals surface area (Å²) in [5, 5.41) is 8.44. The summed E-state index contributed by atoms with van der Waals surface area (Å²) in [6.45, 7) is 5.86. The Morgan fingerprint density at radius 1 is 1.26 bits per heavy atom. The van der Waals surface area contributed by atoms with Crippen molar-refractivity contribution in [3.8, 4) is 11.4 Å². The Labute approximate surface area is 113 Å². The lowest BCUT2D eigenvalue weighted by Gasteiger charge is -2.11. The van der Waals surface area contributed by atoms with Gasteiger partial charge < -0.3 is 15.0 Å². The van der Waals surface area contributed by atoms with E-state index in [1.165, 1.54) is 11.1 Å². The molecule has 102 valence electrons. The lowest BCUT2D eigenvalue weighted by molar-refractivity contribution is 0.186. The van der Waals surface area contributed by atoms with Gasteiger partial charge in [0.15, 0.2) is 5.82 Å². The van der Waals surface area contributed by atoms with E-state index in [2.05, 4.69) is 42.2 Å². The molecule has 1 aromatic carbocycles. The molecule has 0 radical (unpaired) electrons. The highest BCUT2D eigenvalue weighted by Crippen LogP contribution is 2.23. The van der Waals surface area contributed by atoms with Crippen molar-refractivity contribution in [3.05, 3.63) is 35.2 Å². The maximum Gasteiger partial charge on any atom is 0.164 e. The number of aryl methyl sites for hydroxylation is 2. The highest BCUT2D eigenvalue weighted by atomic mass is 16.5. The third-order valence-electron chi connectivity index (χ3n) is 3.15. The van der Waals surface area contributed by atoms with E-state index in [4.69, 9.17) is 10.5 Å². The summed E-state index contributed by atoms with van der Waals surface area (Å²) in [6.07, 6.45) is 0. The van der Waals surface area contributed by atoms with Crippen LogP contribution in [0.25, 0.3) is 11.4 Å². The minimum atomic E-state index is 0.377. The molecule has 0 aliphatic rings. The number of aromatic nitrogens is 3. The highest BCUT2D eigenvalue weighted by molar-refractivity contribution is 5.61. The summed E-state index contributed by atoms with van der Waals surface area (Å²) in [5.41, 5.74) is 9.23. The summed E-state index contributed by atoms with van der Waals surface area (Å²) >= 11 is 0. The van der Waals surface area contributed by atoms with Gasteiger partial charge in [0.05, 0.1) is 13.2 Å². The van der Waals surface area contributed by atoms with Gasteiger partial charge in [-0.15, -0.1) is 10.2 Å². The van der Waals surface area contributed by atoms with Crippen LogP contribution in [0.15, 0.2) is 18.2 Å². The van der Waals surface area contributed by atoms with Crippen LogP contribution < -0.4 is 5.73 Å². The fourth-order valence-electron chi connectivity index (χ4n) is 2.17. The second-order valence-corrected chi connectivity index (χ2v) is 4.61. The molecule has 0 aliphatic carbocycles. The van der Waals surface area contributed by atoms with Gasteiger partial charge >= 0.3 is 0 Å². The maximum absolute atomic E-state index is 5.71. The summed E-state index contributed by atoms with van der Waals surface area (Å²) in [5.74, 6) is 1.64. The SMILES string of the molecule is COCCn1c(CN)nnc1-c1ccc(C)cc1C. The van der Waals surface area contributed by atoms with Crippen LogP contribution in [-0.2, 0) is 17.8 Å². The van der Waals surface area contributed by atoms with Crippen LogP contribution in [0.4, 0.5) is 0 Å². The van der Waals surface area contributed by atoms with Crippen LogP contribution in [0.1, 0.15) is 17.0 Å². The molecule has 1 heterocycles. The van der Waals surface area contributed by atoms with E-state index in [1.54, 1.807) is 7.11 Å². The molecular formula is C14H20N4O. The van der Waals surface area contributed by atoms with Crippen LogP contribution >= 0.6 is 0 Å². The van der Waals surface area contributed by atoms with E-state index < -0.39 is 0 Å². The molecule has 2 N–H and O–H groups in total. The zero-order valence-electron chi connectivity index (χ0n) is 11.7. The third-order valence-corrected chi connectivity index (χ3v) is 3.15. The van der Waals surface area contributed by atoms with Gasteiger partial charge in [-0.05, 0) is 19.4 Å². The van der Waals surface area contributed by atoms with Gasteiger partial charge in [-0.3, -0.25) is 0 Å². The smallest absolute Gasteiger partial charge is 0.164 e. The van der Waals surface area contributed by atoms with E-state index in [1.807, 2.05) is 4.57 Å². The van der Waals surface area contributed by atoms with E-state index in [0.29, 0.717) is 19.7 Å². The predicted octanol–water partition coefficient (Wildman–Crippen LogP) is 1.67. The fourth-order valence-corrected chi connectivity index (χ4v) is 2.17. The monoisotopic (exact) mass is 260 g/mol. The molecule has 2 aromatic rings. The largest absolute Gasteiger partial charge is 0.383 e. The number of benzene rings is 1. The molecule has 5 heteroatoms. The van der Waals surface area contributed by atoms with Gasteiger partial charge in [0.1, 0.15) is 5.82 Å². The highest BCUT2D eigenvalue weighted by Gasteiger charge is 2.14. The molecule has 0 atom stereocenters. The molecule has 0 spiro atoms. The zero-order chi connectivity index (χ0) is 13.8. The summed E-state index contributed by atoms with van der Waals surface area (Å²) in [4.78, 5) is 0. The van der Waals surface area contributed by atoms with Crippen molar-refractivity contribution >= 4 is 0 Å². The summed E-state index contributed by atoms with van der Waals surface area (Å²) in [7, 11) is 1.68. The second kappa shape index (κ2) is 5.95. The topological polar surface area (TPSA) is 66.0 Å². The quantitative estimate of drug-likeness (QED) is 0.888. The molecule has 0 fully saturated rings. The van der Waals surface area contributed by atoms with Crippen molar-refractivity contribution in [1.29, 1.82) is 0 Å². The Morgan fingerprint density at radius 3 is 2.68 bits per heavy atom. The van der Waals surface area contributed by atoms with Gasteiger partial charge in [0, 0.05) is 19.2 Å². The Bertz CT molecular complexity index is 563. The van der Waals surface area contributed by atoms with Gasteiger partial charge in [0.25, 0.3) is 0 Å². The summed E-state index contributed by atoms with van der Waals surface area (Å²) in [6, 6.07) is 6.31. The molecule has 0 saturated heterocycles. The second-order valence-electron chi connectivity index (χ2n) is 4.61. The molecule has 0 aliphatic heterocycles. The first kappa shape index (κ1) is 13.7. The van der Waals surface area contributed by atoms with Crippen LogP contribution in [0.5, 0.6) is 0 Å². The lowest BCUT2D eigenvalue weighted by Crippen LogP contribution is -2.13. The van der Waals surface area contributed by atoms with Gasteiger partial charge in [-0.2, -0.15) is 0 Å². The lowest BCUT2D eigenvalue weighted by atomic mass is 10.1.